The monoisotopic (exact) mass is 255 g/mol. The summed E-state index contributed by atoms with van der Waals surface area (Å²) in [6, 6.07) is 4.15. The van der Waals surface area contributed by atoms with E-state index in [1.54, 1.807) is 0 Å². The van der Waals surface area contributed by atoms with E-state index < -0.39 is 8.07 Å². The Bertz CT molecular complexity index is 187. The van der Waals surface area contributed by atoms with Crippen LogP contribution in [0.3, 0.4) is 0 Å². The van der Waals surface area contributed by atoms with Crippen LogP contribution in [0.15, 0.2) is 0 Å². The van der Waals surface area contributed by atoms with Crippen LogP contribution in [-0.4, -0.2) is 20.4 Å². The fourth-order valence-electron chi connectivity index (χ4n) is 3.54. The van der Waals surface area contributed by atoms with Crippen molar-refractivity contribution in [3.8, 4) is 0 Å². The van der Waals surface area contributed by atoms with Gasteiger partial charge in [-0.3, -0.25) is 0 Å². The van der Waals surface area contributed by atoms with Gasteiger partial charge in [-0.15, -0.1) is 0 Å². The highest BCUT2D eigenvalue weighted by molar-refractivity contribution is 6.81. The second-order valence-electron chi connectivity index (χ2n) is 5.48. The van der Waals surface area contributed by atoms with Crippen LogP contribution >= 0.6 is 0 Å². The van der Waals surface area contributed by atoms with Crippen LogP contribution in [-0.2, 0) is 4.74 Å². The Morgan fingerprint density at radius 2 is 1.76 bits per heavy atom. The van der Waals surface area contributed by atoms with Gasteiger partial charge in [0.1, 0.15) is 0 Å². The maximum atomic E-state index is 6.25. The van der Waals surface area contributed by atoms with Gasteiger partial charge in [-0.1, -0.05) is 51.7 Å². The molecule has 1 rings (SSSR count). The molecular formula is C15H31OSi. The summed E-state index contributed by atoms with van der Waals surface area (Å²) >= 11 is 0. The lowest BCUT2D eigenvalue weighted by Crippen LogP contribution is -2.52. The van der Waals surface area contributed by atoms with Crippen LogP contribution in [0.25, 0.3) is 0 Å². The van der Waals surface area contributed by atoms with E-state index in [1.807, 2.05) is 0 Å². The number of hydrogen-bond donors (Lipinski definition) is 0. The molecule has 0 aromatic carbocycles. The molecule has 0 bridgehead atoms. The molecule has 1 saturated carbocycles. The van der Waals surface area contributed by atoms with Gasteiger partial charge in [0.15, 0.2) is 0 Å². The van der Waals surface area contributed by atoms with Crippen LogP contribution in [0.2, 0.25) is 18.1 Å². The molecule has 2 unspecified atom stereocenters. The lowest BCUT2D eigenvalue weighted by Gasteiger charge is -2.42. The predicted octanol–water partition coefficient (Wildman–Crippen LogP) is 4.83. The molecule has 0 aromatic rings. The van der Waals surface area contributed by atoms with Gasteiger partial charge in [0, 0.05) is 6.61 Å². The summed E-state index contributed by atoms with van der Waals surface area (Å²) in [6.45, 7) is 10.2. The van der Waals surface area contributed by atoms with E-state index in [2.05, 4.69) is 34.1 Å². The fraction of sp³-hybridized carbons (Fsp3) is 0.933. The van der Waals surface area contributed by atoms with Crippen molar-refractivity contribution in [1.82, 2.24) is 0 Å². The molecule has 1 fully saturated rings. The lowest BCUT2D eigenvalue weighted by atomic mass is 9.90. The van der Waals surface area contributed by atoms with Gasteiger partial charge in [0.05, 0.1) is 13.8 Å². The molecule has 0 aromatic heterocycles. The third kappa shape index (κ3) is 3.57. The maximum Gasteiger partial charge on any atom is 0.0872 e. The Hall–Kier alpha value is 0.177. The average Bonchev–Trinajstić information content (AvgIpc) is 2.41. The molecule has 0 saturated heterocycles. The van der Waals surface area contributed by atoms with Crippen LogP contribution in [0, 0.1) is 12.3 Å². The first kappa shape index (κ1) is 15.2. The van der Waals surface area contributed by atoms with Crippen molar-refractivity contribution in [1.29, 1.82) is 0 Å². The summed E-state index contributed by atoms with van der Waals surface area (Å²) < 4.78 is 6.25. The Morgan fingerprint density at radius 1 is 1.12 bits per heavy atom. The quantitative estimate of drug-likeness (QED) is 0.592. The third-order valence-electron chi connectivity index (χ3n) is 4.91. The second kappa shape index (κ2) is 7.58. The first-order chi connectivity index (χ1) is 8.24. The minimum absolute atomic E-state index is 0.591. The molecule has 17 heavy (non-hydrogen) atoms. The van der Waals surface area contributed by atoms with Gasteiger partial charge in [-0.25, -0.2) is 0 Å². The number of ether oxygens (including phenoxy) is 1. The molecule has 2 heteroatoms. The molecule has 101 valence electrons. The topological polar surface area (TPSA) is 9.23 Å². The SMILES string of the molecule is CCOC(C1[CH]CCCC1)[Si](CC)(CC)CC. The molecule has 1 nitrogen and oxygen atoms in total. The van der Waals surface area contributed by atoms with Crippen LogP contribution in [0.1, 0.15) is 53.4 Å². The molecule has 1 radical (unpaired) electrons. The van der Waals surface area contributed by atoms with Crippen molar-refractivity contribution < 1.29 is 4.74 Å². The number of rotatable bonds is 7. The van der Waals surface area contributed by atoms with Gasteiger partial charge >= 0.3 is 0 Å². The maximum absolute atomic E-state index is 6.25. The highest BCUT2D eigenvalue weighted by Gasteiger charge is 2.41. The molecule has 0 N–H and O–H groups in total. The average molecular weight is 255 g/mol. The van der Waals surface area contributed by atoms with Gasteiger partial charge in [-0.05, 0) is 32.1 Å². The van der Waals surface area contributed by atoms with E-state index in [0.29, 0.717) is 5.73 Å². The first-order valence-electron chi connectivity index (χ1n) is 7.69. The van der Waals surface area contributed by atoms with Crippen molar-refractivity contribution in [2.45, 2.75) is 77.2 Å². The molecule has 2 atom stereocenters. The normalized spacial score (nSPS) is 20.5. The zero-order chi connectivity index (χ0) is 12.7. The molecule has 1 aliphatic rings. The Kier molecular flexibility index (Phi) is 6.79. The van der Waals surface area contributed by atoms with Gasteiger partial charge in [0.2, 0.25) is 0 Å². The van der Waals surface area contributed by atoms with Crippen LogP contribution in [0.4, 0.5) is 0 Å². The van der Waals surface area contributed by atoms with E-state index >= 15 is 0 Å². The summed E-state index contributed by atoms with van der Waals surface area (Å²) in [4.78, 5) is 0. The van der Waals surface area contributed by atoms with E-state index in [9.17, 15) is 0 Å². The van der Waals surface area contributed by atoms with Crippen molar-refractivity contribution >= 4 is 8.07 Å². The van der Waals surface area contributed by atoms with Crippen molar-refractivity contribution in [3.63, 3.8) is 0 Å². The summed E-state index contributed by atoms with van der Waals surface area (Å²) in [5.74, 6) is 0.759. The summed E-state index contributed by atoms with van der Waals surface area (Å²) in [5.41, 5.74) is 0.591. The highest BCUT2D eigenvalue weighted by Crippen LogP contribution is 2.36. The van der Waals surface area contributed by atoms with E-state index in [0.717, 1.165) is 12.5 Å². The first-order valence-corrected chi connectivity index (χ1v) is 10.4. The van der Waals surface area contributed by atoms with Gasteiger partial charge in [-0.2, -0.15) is 0 Å². The summed E-state index contributed by atoms with van der Waals surface area (Å²) in [5, 5.41) is 0. The minimum atomic E-state index is -1.21. The van der Waals surface area contributed by atoms with E-state index in [4.69, 9.17) is 4.74 Å². The molecule has 0 spiro atoms. The molecule has 0 heterocycles. The zero-order valence-electron chi connectivity index (χ0n) is 12.3. The summed E-state index contributed by atoms with van der Waals surface area (Å²) in [6.07, 6.45) is 8.07. The van der Waals surface area contributed by atoms with Crippen molar-refractivity contribution in [3.05, 3.63) is 6.42 Å². The molecule has 1 aliphatic carbocycles. The Morgan fingerprint density at radius 3 is 2.18 bits per heavy atom. The fourth-order valence-corrected chi connectivity index (χ4v) is 7.98. The number of hydrogen-bond acceptors (Lipinski definition) is 1. The zero-order valence-corrected chi connectivity index (χ0v) is 13.3. The second-order valence-corrected chi connectivity index (χ2v) is 10.9. The van der Waals surface area contributed by atoms with Gasteiger partial charge < -0.3 is 4.74 Å². The van der Waals surface area contributed by atoms with E-state index in [1.165, 1.54) is 43.8 Å². The Labute approximate surface area is 109 Å². The molecule has 0 amide bonds. The Balaban J connectivity index is 2.80. The standard InChI is InChI=1S/C15H31OSi/c1-5-16-15(14-12-10-9-11-13-14)17(6-2,7-3)8-4/h12,14-15H,5-11,13H2,1-4H3. The third-order valence-corrected chi connectivity index (χ3v) is 10.9. The highest BCUT2D eigenvalue weighted by atomic mass is 28.3. The lowest BCUT2D eigenvalue weighted by molar-refractivity contribution is 0.0685. The van der Waals surface area contributed by atoms with Gasteiger partial charge in [0.25, 0.3) is 0 Å². The van der Waals surface area contributed by atoms with E-state index in [-0.39, 0.29) is 0 Å². The molecule has 0 aliphatic heterocycles. The minimum Gasteiger partial charge on any atom is -0.382 e. The van der Waals surface area contributed by atoms with Crippen LogP contribution < -0.4 is 0 Å². The largest absolute Gasteiger partial charge is 0.382 e. The molecular weight excluding hydrogens is 224 g/mol. The predicted molar refractivity (Wildman–Crippen MR) is 78.9 cm³/mol. The smallest absolute Gasteiger partial charge is 0.0872 e. The van der Waals surface area contributed by atoms with Crippen molar-refractivity contribution in [2.75, 3.05) is 6.61 Å². The summed E-state index contributed by atoms with van der Waals surface area (Å²) in [7, 11) is -1.21. The van der Waals surface area contributed by atoms with Crippen molar-refractivity contribution in [2.24, 2.45) is 5.92 Å². The van der Waals surface area contributed by atoms with Crippen LogP contribution in [0.5, 0.6) is 0 Å².